The summed E-state index contributed by atoms with van der Waals surface area (Å²) >= 11 is 13.1. The van der Waals surface area contributed by atoms with Crippen molar-refractivity contribution in [2.75, 3.05) is 11.6 Å². The third-order valence-electron chi connectivity index (χ3n) is 3.35. The first-order chi connectivity index (χ1) is 8.61. The maximum atomic E-state index is 6.26. The van der Waals surface area contributed by atoms with Crippen molar-refractivity contribution in [3.63, 3.8) is 0 Å². The van der Waals surface area contributed by atoms with Crippen molar-refractivity contribution < 1.29 is 0 Å². The summed E-state index contributed by atoms with van der Waals surface area (Å²) in [5, 5.41) is 4.90. The van der Waals surface area contributed by atoms with Gasteiger partial charge in [0.25, 0.3) is 0 Å². The zero-order valence-electron chi connectivity index (χ0n) is 10.3. The predicted molar refractivity (Wildman–Crippen MR) is 85.9 cm³/mol. The molecule has 1 aliphatic rings. The molecule has 1 aromatic carbocycles. The molecule has 1 aromatic rings. The van der Waals surface area contributed by atoms with Crippen LogP contribution in [-0.4, -0.2) is 22.5 Å². The van der Waals surface area contributed by atoms with Gasteiger partial charge in [0.2, 0.25) is 0 Å². The largest absolute Gasteiger partial charge is 0.389 e. The van der Waals surface area contributed by atoms with Crippen LogP contribution in [0.4, 0.5) is 5.69 Å². The van der Waals surface area contributed by atoms with E-state index in [1.54, 1.807) is 0 Å². The number of anilines is 1. The van der Waals surface area contributed by atoms with E-state index in [4.69, 9.17) is 29.6 Å². The Balaban J connectivity index is 2.12. The van der Waals surface area contributed by atoms with Crippen molar-refractivity contribution in [3.05, 3.63) is 28.8 Å². The molecule has 1 saturated carbocycles. The molecule has 2 unspecified atom stereocenters. The Morgan fingerprint density at radius 1 is 1.50 bits per heavy atom. The maximum Gasteiger partial charge on any atom is 0.104 e. The number of halogens is 1. The summed E-state index contributed by atoms with van der Waals surface area (Å²) in [7, 11) is 0. The number of hydrogen-bond acceptors (Lipinski definition) is 3. The van der Waals surface area contributed by atoms with Crippen LogP contribution < -0.4 is 11.1 Å². The summed E-state index contributed by atoms with van der Waals surface area (Å²) in [6.07, 6.45) is 5.94. The molecule has 5 heteroatoms. The first-order valence-corrected chi connectivity index (χ1v) is 8.08. The molecule has 0 heterocycles. The minimum absolute atomic E-state index is 0.381. The van der Waals surface area contributed by atoms with E-state index in [0.717, 1.165) is 11.3 Å². The molecule has 0 amide bonds. The lowest BCUT2D eigenvalue weighted by Gasteiger charge is -2.21. The second-order valence-corrected chi connectivity index (χ2v) is 6.44. The lowest BCUT2D eigenvalue weighted by molar-refractivity contribution is 0.769. The van der Waals surface area contributed by atoms with Gasteiger partial charge >= 0.3 is 0 Å². The van der Waals surface area contributed by atoms with Crippen LogP contribution in [0.2, 0.25) is 5.02 Å². The SMILES string of the molecule is CSC1CCCC1Nc1ccc(C(N)=S)cc1Cl. The maximum absolute atomic E-state index is 6.26. The summed E-state index contributed by atoms with van der Waals surface area (Å²) in [4.78, 5) is 0.381. The normalized spacial score (nSPS) is 23.0. The fraction of sp³-hybridized carbons (Fsp3) is 0.462. The molecule has 1 fully saturated rings. The van der Waals surface area contributed by atoms with Gasteiger partial charge in [-0.25, -0.2) is 0 Å². The van der Waals surface area contributed by atoms with Gasteiger partial charge in [0, 0.05) is 16.9 Å². The lowest BCUT2D eigenvalue weighted by Crippen LogP contribution is -2.25. The van der Waals surface area contributed by atoms with Gasteiger partial charge in [-0.15, -0.1) is 0 Å². The Hall–Kier alpha value is -0.450. The van der Waals surface area contributed by atoms with Gasteiger partial charge in [0.1, 0.15) is 4.99 Å². The summed E-state index contributed by atoms with van der Waals surface area (Å²) in [5.41, 5.74) is 7.38. The number of nitrogens with two attached hydrogens (primary N) is 1. The number of nitrogens with one attached hydrogen (secondary N) is 1. The van der Waals surface area contributed by atoms with Crippen LogP contribution in [0.5, 0.6) is 0 Å². The topological polar surface area (TPSA) is 38.0 Å². The average molecular weight is 301 g/mol. The molecule has 0 aromatic heterocycles. The minimum atomic E-state index is 0.381. The first-order valence-electron chi connectivity index (χ1n) is 6.00. The smallest absolute Gasteiger partial charge is 0.104 e. The number of thiocarbonyl (C=S) groups is 1. The number of hydrogen-bond donors (Lipinski definition) is 2. The molecule has 2 rings (SSSR count). The average Bonchev–Trinajstić information content (AvgIpc) is 2.78. The van der Waals surface area contributed by atoms with Crippen molar-refractivity contribution in [1.29, 1.82) is 0 Å². The van der Waals surface area contributed by atoms with E-state index < -0.39 is 0 Å². The first kappa shape index (κ1) is 14.0. The van der Waals surface area contributed by atoms with Crippen molar-refractivity contribution in [2.45, 2.75) is 30.6 Å². The molecule has 0 aliphatic heterocycles. The molecule has 98 valence electrons. The van der Waals surface area contributed by atoms with Gasteiger partial charge in [-0.2, -0.15) is 11.8 Å². The van der Waals surface area contributed by atoms with E-state index in [9.17, 15) is 0 Å². The van der Waals surface area contributed by atoms with E-state index in [-0.39, 0.29) is 0 Å². The fourth-order valence-corrected chi connectivity index (χ4v) is 3.66. The van der Waals surface area contributed by atoms with Gasteiger partial charge in [0.15, 0.2) is 0 Å². The van der Waals surface area contributed by atoms with Crippen LogP contribution in [0.1, 0.15) is 24.8 Å². The van der Waals surface area contributed by atoms with E-state index in [2.05, 4.69) is 11.6 Å². The van der Waals surface area contributed by atoms with Gasteiger partial charge in [-0.1, -0.05) is 30.2 Å². The van der Waals surface area contributed by atoms with Crippen molar-refractivity contribution in [1.82, 2.24) is 0 Å². The number of rotatable bonds is 4. The Morgan fingerprint density at radius 3 is 2.89 bits per heavy atom. The van der Waals surface area contributed by atoms with Crippen LogP contribution in [0.15, 0.2) is 18.2 Å². The molecule has 18 heavy (non-hydrogen) atoms. The van der Waals surface area contributed by atoms with Gasteiger partial charge in [-0.3, -0.25) is 0 Å². The minimum Gasteiger partial charge on any atom is -0.389 e. The van der Waals surface area contributed by atoms with Crippen LogP contribution in [0.3, 0.4) is 0 Å². The summed E-state index contributed by atoms with van der Waals surface area (Å²) < 4.78 is 0. The quantitative estimate of drug-likeness (QED) is 0.832. The summed E-state index contributed by atoms with van der Waals surface area (Å²) in [6.45, 7) is 0. The van der Waals surface area contributed by atoms with Crippen LogP contribution in [0.25, 0.3) is 0 Å². The van der Waals surface area contributed by atoms with Crippen LogP contribution in [-0.2, 0) is 0 Å². The highest BCUT2D eigenvalue weighted by Gasteiger charge is 2.26. The molecule has 2 nitrogen and oxygen atoms in total. The van der Waals surface area contributed by atoms with E-state index in [0.29, 0.717) is 21.3 Å². The lowest BCUT2D eigenvalue weighted by atomic mass is 10.1. The van der Waals surface area contributed by atoms with E-state index in [1.807, 2.05) is 30.0 Å². The zero-order valence-corrected chi connectivity index (χ0v) is 12.7. The van der Waals surface area contributed by atoms with Gasteiger partial charge in [-0.05, 0) is 37.3 Å². The molecule has 2 atom stereocenters. The summed E-state index contributed by atoms with van der Waals surface area (Å²) in [6, 6.07) is 6.22. The standard InChI is InChI=1S/C13H17ClN2S2/c1-18-12-4-2-3-11(12)16-10-6-5-8(13(15)17)7-9(10)14/h5-7,11-12,16H,2-4H2,1H3,(H2,15,17). The highest BCUT2D eigenvalue weighted by Crippen LogP contribution is 2.33. The van der Waals surface area contributed by atoms with Crippen LogP contribution >= 0.6 is 35.6 Å². The third-order valence-corrected chi connectivity index (χ3v) is 5.07. The Bertz CT molecular complexity index is 451. The highest BCUT2D eigenvalue weighted by atomic mass is 35.5. The fourth-order valence-electron chi connectivity index (χ4n) is 2.36. The molecule has 0 saturated heterocycles. The Morgan fingerprint density at radius 2 is 2.28 bits per heavy atom. The molecule has 0 spiro atoms. The zero-order chi connectivity index (χ0) is 13.1. The van der Waals surface area contributed by atoms with Crippen molar-refractivity contribution in [2.24, 2.45) is 5.73 Å². The molecular weight excluding hydrogens is 284 g/mol. The molecular formula is C13H17ClN2S2. The predicted octanol–water partition coefficient (Wildman–Crippen LogP) is 3.67. The van der Waals surface area contributed by atoms with E-state index >= 15 is 0 Å². The van der Waals surface area contributed by atoms with Gasteiger partial charge in [0.05, 0.1) is 10.7 Å². The van der Waals surface area contributed by atoms with Crippen molar-refractivity contribution in [3.8, 4) is 0 Å². The van der Waals surface area contributed by atoms with Crippen LogP contribution in [0, 0.1) is 0 Å². The number of thioether (sulfide) groups is 1. The molecule has 0 radical (unpaired) electrons. The molecule has 3 N–H and O–H groups in total. The van der Waals surface area contributed by atoms with Gasteiger partial charge < -0.3 is 11.1 Å². The Labute approximate surface area is 123 Å². The molecule has 0 bridgehead atoms. The molecule has 1 aliphatic carbocycles. The third kappa shape index (κ3) is 3.11. The van der Waals surface area contributed by atoms with Crippen molar-refractivity contribution >= 4 is 46.3 Å². The highest BCUT2D eigenvalue weighted by molar-refractivity contribution is 7.99. The second kappa shape index (κ2) is 6.13. The second-order valence-electron chi connectivity index (χ2n) is 4.51. The van der Waals surface area contributed by atoms with E-state index in [1.165, 1.54) is 19.3 Å². The monoisotopic (exact) mass is 300 g/mol. The Kier molecular flexibility index (Phi) is 4.76. The summed E-state index contributed by atoms with van der Waals surface area (Å²) in [5.74, 6) is 0. The number of benzene rings is 1.